The van der Waals surface area contributed by atoms with Gasteiger partial charge in [-0.25, -0.2) is 0 Å². The minimum Gasteiger partial charge on any atom is -0.490 e. The van der Waals surface area contributed by atoms with E-state index < -0.39 is 4.92 Å². The summed E-state index contributed by atoms with van der Waals surface area (Å²) in [5.41, 5.74) is -0.276. The van der Waals surface area contributed by atoms with Crippen LogP contribution >= 0.6 is 15.9 Å². The first-order chi connectivity index (χ1) is 8.04. The van der Waals surface area contributed by atoms with Gasteiger partial charge in [0.25, 0.3) is 0 Å². The second-order valence-electron chi connectivity index (χ2n) is 3.04. The van der Waals surface area contributed by atoms with Gasteiger partial charge >= 0.3 is 5.69 Å². The van der Waals surface area contributed by atoms with E-state index in [1.54, 1.807) is 0 Å². The molecule has 0 amide bonds. The number of ether oxygens (including phenoxy) is 1. The summed E-state index contributed by atoms with van der Waals surface area (Å²) >= 11 is 2.97. The van der Waals surface area contributed by atoms with Crippen LogP contribution in [-0.4, -0.2) is 29.4 Å². The van der Waals surface area contributed by atoms with E-state index in [1.165, 1.54) is 13.2 Å². The molecule has 17 heavy (non-hydrogen) atoms. The number of carbonyl (C=O) groups excluding carboxylic acids is 2. The van der Waals surface area contributed by atoms with Gasteiger partial charge in [-0.1, -0.05) is 15.9 Å². The molecule has 0 saturated heterocycles. The lowest BCUT2D eigenvalue weighted by Crippen LogP contribution is -2.06. The Balaban J connectivity index is 3.48. The summed E-state index contributed by atoms with van der Waals surface area (Å²) in [6.45, 7) is 0. The molecule has 1 aromatic carbocycles. The van der Waals surface area contributed by atoms with E-state index in [0.717, 1.165) is 6.07 Å². The number of Topliss-reactive ketones (excluding diaryl/α,β-unsaturated/α-hetero) is 1. The molecule has 6 nitrogen and oxygen atoms in total. The van der Waals surface area contributed by atoms with E-state index in [1.807, 2.05) is 0 Å². The minimum atomic E-state index is -0.672. The molecule has 0 aliphatic rings. The summed E-state index contributed by atoms with van der Waals surface area (Å²) in [5.74, 6) is -0.398. The Bertz CT molecular complexity index is 486. The first kappa shape index (κ1) is 13.3. The van der Waals surface area contributed by atoms with Crippen molar-refractivity contribution in [2.24, 2.45) is 0 Å². The standard InChI is InChI=1S/C10H8BrNO5/c1-17-10-3-7(9(14)4-11)6(5-13)2-8(10)12(15)16/h2-3,5H,4H2,1H3. The average molecular weight is 302 g/mol. The van der Waals surface area contributed by atoms with Crippen molar-refractivity contribution in [3.8, 4) is 5.75 Å². The Morgan fingerprint density at radius 3 is 2.65 bits per heavy atom. The third-order valence-electron chi connectivity index (χ3n) is 2.10. The van der Waals surface area contributed by atoms with E-state index in [2.05, 4.69) is 15.9 Å². The van der Waals surface area contributed by atoms with Crippen LogP contribution in [0.2, 0.25) is 0 Å². The van der Waals surface area contributed by atoms with Crippen LogP contribution in [0.3, 0.4) is 0 Å². The number of aldehydes is 1. The average Bonchev–Trinajstić information content (AvgIpc) is 2.35. The fraction of sp³-hybridized carbons (Fsp3) is 0.200. The van der Waals surface area contributed by atoms with E-state index >= 15 is 0 Å². The molecule has 0 radical (unpaired) electrons. The van der Waals surface area contributed by atoms with Crippen molar-refractivity contribution >= 4 is 33.7 Å². The molecule has 0 spiro atoms. The molecule has 0 aliphatic carbocycles. The number of methoxy groups -OCH3 is 1. The number of nitro groups is 1. The number of hydrogen-bond acceptors (Lipinski definition) is 5. The third-order valence-corrected chi connectivity index (χ3v) is 2.61. The Labute approximate surface area is 105 Å². The van der Waals surface area contributed by atoms with Gasteiger partial charge in [-0.05, 0) is 6.07 Å². The maximum absolute atomic E-state index is 11.5. The van der Waals surface area contributed by atoms with Crippen LogP contribution in [0.15, 0.2) is 12.1 Å². The number of hydrogen-bond donors (Lipinski definition) is 0. The predicted molar refractivity (Wildman–Crippen MR) is 63.2 cm³/mol. The Morgan fingerprint density at radius 2 is 2.24 bits per heavy atom. The molecule has 0 unspecified atom stereocenters. The molecule has 0 bridgehead atoms. The molecule has 90 valence electrons. The zero-order chi connectivity index (χ0) is 13.0. The van der Waals surface area contributed by atoms with Crippen LogP contribution in [0, 0.1) is 10.1 Å². The molecule has 0 atom stereocenters. The van der Waals surface area contributed by atoms with Gasteiger partial charge in [-0.15, -0.1) is 0 Å². The van der Waals surface area contributed by atoms with Crippen LogP contribution in [0.5, 0.6) is 5.75 Å². The fourth-order valence-electron chi connectivity index (χ4n) is 1.30. The maximum atomic E-state index is 11.5. The van der Waals surface area contributed by atoms with Gasteiger partial charge in [0.05, 0.1) is 17.4 Å². The summed E-state index contributed by atoms with van der Waals surface area (Å²) in [6.07, 6.45) is 0.405. The largest absolute Gasteiger partial charge is 0.490 e. The van der Waals surface area contributed by atoms with Gasteiger partial charge in [-0.3, -0.25) is 19.7 Å². The highest BCUT2D eigenvalue weighted by Crippen LogP contribution is 2.30. The molecule has 0 saturated carbocycles. The van der Waals surface area contributed by atoms with Crippen LogP contribution in [-0.2, 0) is 0 Å². The Morgan fingerprint density at radius 1 is 1.59 bits per heavy atom. The van der Waals surface area contributed by atoms with Crippen LogP contribution in [0.25, 0.3) is 0 Å². The van der Waals surface area contributed by atoms with E-state index in [9.17, 15) is 19.7 Å². The lowest BCUT2D eigenvalue weighted by molar-refractivity contribution is -0.385. The molecule has 0 N–H and O–H groups in total. The van der Waals surface area contributed by atoms with Crippen molar-refractivity contribution in [1.29, 1.82) is 0 Å². The van der Waals surface area contributed by atoms with Crippen LogP contribution in [0.4, 0.5) is 5.69 Å². The van der Waals surface area contributed by atoms with Crippen LogP contribution in [0.1, 0.15) is 20.7 Å². The lowest BCUT2D eigenvalue weighted by atomic mass is 10.0. The van der Waals surface area contributed by atoms with Crippen LogP contribution < -0.4 is 4.74 Å². The van der Waals surface area contributed by atoms with Crippen molar-refractivity contribution in [2.45, 2.75) is 0 Å². The highest BCUT2D eigenvalue weighted by Gasteiger charge is 2.21. The SMILES string of the molecule is COc1cc(C(=O)CBr)c(C=O)cc1[N+](=O)[O-]. The van der Waals surface area contributed by atoms with Gasteiger partial charge < -0.3 is 4.74 Å². The van der Waals surface area contributed by atoms with Gasteiger partial charge in [0, 0.05) is 17.2 Å². The maximum Gasteiger partial charge on any atom is 0.311 e. The van der Waals surface area contributed by atoms with Crippen molar-refractivity contribution < 1.29 is 19.2 Å². The minimum absolute atomic E-state index is 0.0226. The second kappa shape index (κ2) is 5.53. The number of alkyl halides is 1. The molecular formula is C10H8BrNO5. The molecule has 0 aromatic heterocycles. The molecule has 0 heterocycles. The second-order valence-corrected chi connectivity index (χ2v) is 3.60. The highest BCUT2D eigenvalue weighted by atomic mass is 79.9. The molecule has 0 aliphatic heterocycles. The normalized spacial score (nSPS) is 9.76. The van der Waals surface area contributed by atoms with Crippen molar-refractivity contribution in [2.75, 3.05) is 12.4 Å². The van der Waals surface area contributed by atoms with Gasteiger partial charge in [-0.2, -0.15) is 0 Å². The Kier molecular flexibility index (Phi) is 4.33. The van der Waals surface area contributed by atoms with E-state index in [0.29, 0.717) is 6.29 Å². The van der Waals surface area contributed by atoms with E-state index in [-0.39, 0.29) is 33.7 Å². The molecular weight excluding hydrogens is 294 g/mol. The lowest BCUT2D eigenvalue weighted by Gasteiger charge is -2.06. The van der Waals surface area contributed by atoms with Gasteiger partial charge in [0.15, 0.2) is 17.8 Å². The molecule has 0 fully saturated rings. The van der Waals surface area contributed by atoms with Gasteiger partial charge in [0.2, 0.25) is 0 Å². The molecule has 1 rings (SSSR count). The summed E-state index contributed by atoms with van der Waals surface area (Å²) in [7, 11) is 1.26. The number of nitro benzene ring substituents is 1. The van der Waals surface area contributed by atoms with Crippen molar-refractivity contribution in [3.05, 3.63) is 33.4 Å². The summed E-state index contributed by atoms with van der Waals surface area (Å²) < 4.78 is 4.82. The first-order valence-corrected chi connectivity index (χ1v) is 5.58. The zero-order valence-corrected chi connectivity index (χ0v) is 10.4. The molecule has 1 aromatic rings. The summed E-state index contributed by atoms with van der Waals surface area (Å²) in [4.78, 5) is 32.3. The van der Waals surface area contributed by atoms with E-state index in [4.69, 9.17) is 4.74 Å². The van der Waals surface area contributed by atoms with Gasteiger partial charge in [0.1, 0.15) is 0 Å². The fourth-order valence-corrected chi connectivity index (χ4v) is 1.60. The third kappa shape index (κ3) is 2.68. The number of ketones is 1. The van der Waals surface area contributed by atoms with Crippen molar-refractivity contribution in [1.82, 2.24) is 0 Å². The monoisotopic (exact) mass is 301 g/mol. The zero-order valence-electron chi connectivity index (χ0n) is 8.81. The topological polar surface area (TPSA) is 86.5 Å². The number of benzene rings is 1. The van der Waals surface area contributed by atoms with Crippen molar-refractivity contribution in [3.63, 3.8) is 0 Å². The number of halogens is 1. The number of rotatable bonds is 5. The number of carbonyl (C=O) groups is 2. The Hall–Kier alpha value is -1.76. The molecule has 7 heteroatoms. The summed E-state index contributed by atoms with van der Waals surface area (Å²) in [5, 5.41) is 10.7. The first-order valence-electron chi connectivity index (χ1n) is 4.46. The quantitative estimate of drug-likeness (QED) is 0.273. The smallest absolute Gasteiger partial charge is 0.311 e. The number of nitrogens with zero attached hydrogens (tertiary/aromatic N) is 1. The predicted octanol–water partition coefficient (Wildman–Crippen LogP) is 1.99. The summed E-state index contributed by atoms with van der Waals surface area (Å²) in [6, 6.07) is 2.23. The highest BCUT2D eigenvalue weighted by molar-refractivity contribution is 9.09.